The van der Waals surface area contributed by atoms with Gasteiger partial charge < -0.3 is 14.8 Å². The number of carbonyl (C=O) groups excluding carboxylic acids is 2. The van der Waals surface area contributed by atoms with E-state index in [1.807, 2.05) is 6.07 Å². The number of halogens is 2. The average molecular weight is 394 g/mol. The van der Waals surface area contributed by atoms with Gasteiger partial charge in [0.05, 0.1) is 22.7 Å². The fourth-order valence-corrected chi connectivity index (χ4v) is 3.09. The van der Waals surface area contributed by atoms with Gasteiger partial charge in [0.15, 0.2) is 5.75 Å². The lowest BCUT2D eigenvalue weighted by Gasteiger charge is -2.18. The van der Waals surface area contributed by atoms with Crippen molar-refractivity contribution in [3.05, 3.63) is 63.6 Å². The Labute approximate surface area is 161 Å². The zero-order valence-corrected chi connectivity index (χ0v) is 15.5. The molecule has 0 radical (unpaired) electrons. The number of methoxy groups -OCH3 is 1. The van der Waals surface area contributed by atoms with Crippen LogP contribution in [0.5, 0.6) is 5.75 Å². The van der Waals surface area contributed by atoms with Crippen molar-refractivity contribution in [3.63, 3.8) is 0 Å². The highest BCUT2D eigenvalue weighted by molar-refractivity contribution is 6.37. The molecule has 1 aliphatic carbocycles. The van der Waals surface area contributed by atoms with E-state index in [2.05, 4.69) is 5.32 Å². The standard InChI is InChI=1S/C19H17Cl2NO4/c1-25-17-14(20)9-12(10-15(17)21)19(24)26-16(11-5-3-2-4-6-11)18(23)22-13-7-8-13/h2-6,9-10,13,16H,7-8H2,1H3,(H,22,23)/t16-/m0/s1. The molecule has 7 heteroatoms. The maximum absolute atomic E-state index is 12.6. The zero-order valence-electron chi connectivity index (χ0n) is 14.0. The van der Waals surface area contributed by atoms with Gasteiger partial charge in [-0.1, -0.05) is 53.5 Å². The topological polar surface area (TPSA) is 64.6 Å². The predicted molar refractivity (Wildman–Crippen MR) is 98.8 cm³/mol. The molecule has 1 N–H and O–H groups in total. The average Bonchev–Trinajstić information content (AvgIpc) is 3.43. The maximum Gasteiger partial charge on any atom is 0.339 e. The van der Waals surface area contributed by atoms with Crippen LogP contribution in [0.1, 0.15) is 34.9 Å². The van der Waals surface area contributed by atoms with E-state index in [-0.39, 0.29) is 33.3 Å². The van der Waals surface area contributed by atoms with Crippen LogP contribution in [-0.2, 0) is 9.53 Å². The van der Waals surface area contributed by atoms with Crippen LogP contribution >= 0.6 is 23.2 Å². The molecule has 26 heavy (non-hydrogen) atoms. The highest BCUT2D eigenvalue weighted by Gasteiger charge is 2.31. The Kier molecular flexibility index (Phi) is 5.69. The van der Waals surface area contributed by atoms with Crippen molar-refractivity contribution in [2.45, 2.75) is 25.0 Å². The van der Waals surface area contributed by atoms with Crippen LogP contribution in [0.4, 0.5) is 0 Å². The minimum atomic E-state index is -1.05. The summed E-state index contributed by atoms with van der Waals surface area (Å²) in [6.45, 7) is 0. The Bertz CT molecular complexity index is 799. The Morgan fingerprint density at radius 1 is 1.12 bits per heavy atom. The molecule has 0 spiro atoms. The van der Waals surface area contributed by atoms with Gasteiger partial charge in [-0.15, -0.1) is 0 Å². The molecule has 0 bridgehead atoms. The summed E-state index contributed by atoms with van der Waals surface area (Å²) in [5, 5.41) is 3.23. The summed E-state index contributed by atoms with van der Waals surface area (Å²) in [4.78, 5) is 25.1. The number of hydrogen-bond donors (Lipinski definition) is 1. The first kappa shape index (κ1) is 18.5. The summed E-state index contributed by atoms with van der Waals surface area (Å²) >= 11 is 12.2. The number of ether oxygens (including phenoxy) is 2. The first-order chi connectivity index (χ1) is 12.5. The molecule has 5 nitrogen and oxygen atoms in total. The van der Waals surface area contributed by atoms with E-state index < -0.39 is 12.1 Å². The van der Waals surface area contributed by atoms with Crippen molar-refractivity contribution in [1.82, 2.24) is 5.32 Å². The van der Waals surface area contributed by atoms with Crippen molar-refractivity contribution < 1.29 is 19.1 Å². The summed E-state index contributed by atoms with van der Waals surface area (Å²) in [7, 11) is 1.43. The first-order valence-corrected chi connectivity index (χ1v) is 8.84. The molecule has 3 rings (SSSR count). The molecule has 0 saturated heterocycles. The number of nitrogens with one attached hydrogen (secondary N) is 1. The lowest BCUT2D eigenvalue weighted by molar-refractivity contribution is -0.130. The van der Waals surface area contributed by atoms with Crippen molar-refractivity contribution in [2.75, 3.05) is 7.11 Å². The van der Waals surface area contributed by atoms with Crippen molar-refractivity contribution in [3.8, 4) is 5.75 Å². The van der Waals surface area contributed by atoms with Gasteiger partial charge in [-0.3, -0.25) is 4.79 Å². The summed E-state index contributed by atoms with van der Waals surface area (Å²) in [5.41, 5.74) is 0.727. The van der Waals surface area contributed by atoms with Crippen molar-refractivity contribution in [2.24, 2.45) is 0 Å². The van der Waals surface area contributed by atoms with Gasteiger partial charge in [0, 0.05) is 11.6 Å². The van der Waals surface area contributed by atoms with Crippen molar-refractivity contribution in [1.29, 1.82) is 0 Å². The van der Waals surface area contributed by atoms with Crippen LogP contribution in [0, 0.1) is 0 Å². The molecule has 2 aromatic rings. The van der Waals surface area contributed by atoms with E-state index in [4.69, 9.17) is 32.7 Å². The van der Waals surface area contributed by atoms with E-state index in [9.17, 15) is 9.59 Å². The third-order valence-electron chi connectivity index (χ3n) is 3.93. The monoisotopic (exact) mass is 393 g/mol. The smallest absolute Gasteiger partial charge is 0.339 e. The van der Waals surface area contributed by atoms with Gasteiger partial charge >= 0.3 is 5.97 Å². The molecule has 0 heterocycles. The number of amides is 1. The molecule has 1 atom stereocenters. The largest absolute Gasteiger partial charge is 0.494 e. The lowest BCUT2D eigenvalue weighted by atomic mass is 10.1. The van der Waals surface area contributed by atoms with E-state index in [1.165, 1.54) is 19.2 Å². The second-order valence-electron chi connectivity index (χ2n) is 5.95. The number of esters is 1. The van der Waals surface area contributed by atoms with Crippen LogP contribution in [0.3, 0.4) is 0 Å². The Balaban J connectivity index is 1.84. The van der Waals surface area contributed by atoms with E-state index in [0.29, 0.717) is 5.56 Å². The molecule has 1 amide bonds. The maximum atomic E-state index is 12.6. The van der Waals surface area contributed by atoms with Gasteiger partial charge in [-0.2, -0.15) is 0 Å². The second kappa shape index (κ2) is 7.98. The molecule has 0 aromatic heterocycles. The van der Waals surface area contributed by atoms with Gasteiger partial charge in [-0.05, 0) is 25.0 Å². The SMILES string of the molecule is COc1c(Cl)cc(C(=O)O[C@H](C(=O)NC2CC2)c2ccccc2)cc1Cl. The molecular weight excluding hydrogens is 377 g/mol. The quantitative estimate of drug-likeness (QED) is 0.747. The van der Waals surface area contributed by atoms with Crippen LogP contribution in [-0.4, -0.2) is 25.0 Å². The summed E-state index contributed by atoms with van der Waals surface area (Å²) in [6.07, 6.45) is 0.819. The number of hydrogen-bond acceptors (Lipinski definition) is 4. The molecule has 2 aromatic carbocycles. The summed E-state index contributed by atoms with van der Waals surface area (Å²) < 4.78 is 10.6. The number of benzene rings is 2. The number of rotatable bonds is 6. The molecule has 136 valence electrons. The Hall–Kier alpha value is -2.24. The van der Waals surface area contributed by atoms with E-state index in [0.717, 1.165) is 12.8 Å². The van der Waals surface area contributed by atoms with E-state index in [1.54, 1.807) is 24.3 Å². The van der Waals surface area contributed by atoms with Gasteiger partial charge in [0.1, 0.15) is 0 Å². The fourth-order valence-electron chi connectivity index (χ4n) is 2.45. The number of carbonyl (C=O) groups is 2. The highest BCUT2D eigenvalue weighted by atomic mass is 35.5. The zero-order chi connectivity index (χ0) is 18.7. The molecule has 1 saturated carbocycles. The summed E-state index contributed by atoms with van der Waals surface area (Å²) in [5.74, 6) is -0.773. The van der Waals surface area contributed by atoms with E-state index >= 15 is 0 Å². The van der Waals surface area contributed by atoms with Gasteiger partial charge in [-0.25, -0.2) is 4.79 Å². The highest BCUT2D eigenvalue weighted by Crippen LogP contribution is 2.34. The summed E-state index contributed by atoms with van der Waals surface area (Å²) in [6, 6.07) is 11.8. The molecule has 1 fully saturated rings. The second-order valence-corrected chi connectivity index (χ2v) is 6.77. The van der Waals surface area contributed by atoms with Crippen LogP contribution in [0.15, 0.2) is 42.5 Å². The molecule has 1 aliphatic rings. The lowest BCUT2D eigenvalue weighted by Crippen LogP contribution is -2.33. The Morgan fingerprint density at radius 2 is 1.73 bits per heavy atom. The van der Waals surface area contributed by atoms with Crippen LogP contribution in [0.25, 0.3) is 0 Å². The fraction of sp³-hybridized carbons (Fsp3) is 0.263. The third-order valence-corrected chi connectivity index (χ3v) is 4.49. The van der Waals surface area contributed by atoms with Crippen LogP contribution < -0.4 is 10.1 Å². The minimum absolute atomic E-state index is 0.140. The minimum Gasteiger partial charge on any atom is -0.494 e. The normalized spacial score (nSPS) is 14.4. The predicted octanol–water partition coefficient (Wildman–Crippen LogP) is 4.18. The Morgan fingerprint density at radius 3 is 2.27 bits per heavy atom. The molecule has 0 unspecified atom stereocenters. The molecule has 0 aliphatic heterocycles. The first-order valence-electron chi connectivity index (χ1n) is 8.09. The van der Waals surface area contributed by atoms with Crippen LogP contribution in [0.2, 0.25) is 10.0 Å². The third kappa shape index (κ3) is 4.29. The van der Waals surface area contributed by atoms with Crippen molar-refractivity contribution >= 4 is 35.1 Å². The van der Waals surface area contributed by atoms with Gasteiger partial charge in [0.25, 0.3) is 5.91 Å². The van der Waals surface area contributed by atoms with Gasteiger partial charge in [0.2, 0.25) is 6.10 Å². The molecular formula is C19H17Cl2NO4.